The fourth-order valence-corrected chi connectivity index (χ4v) is 4.29. The highest BCUT2D eigenvalue weighted by molar-refractivity contribution is 9.10. The molecule has 4 rings (SSSR count). The van der Waals surface area contributed by atoms with Gasteiger partial charge in [0, 0.05) is 25.2 Å². The molecule has 1 aliphatic carbocycles. The molecule has 0 spiro atoms. The van der Waals surface area contributed by atoms with Crippen LogP contribution in [0.2, 0.25) is 0 Å². The molecule has 160 valence electrons. The molecule has 3 N–H and O–H groups in total. The first-order valence-electron chi connectivity index (χ1n) is 9.85. The van der Waals surface area contributed by atoms with Gasteiger partial charge in [-0.3, -0.25) is 24.8 Å². The first-order chi connectivity index (χ1) is 14.8. The molecule has 2 aliphatic rings. The molecule has 2 aromatic heterocycles. The minimum absolute atomic E-state index is 0.0672. The van der Waals surface area contributed by atoms with Crippen molar-refractivity contribution in [3.63, 3.8) is 0 Å². The van der Waals surface area contributed by atoms with Gasteiger partial charge in [-0.05, 0) is 52.4 Å². The van der Waals surface area contributed by atoms with Crippen LogP contribution < -0.4 is 10.6 Å². The van der Waals surface area contributed by atoms with Crippen LogP contribution in [-0.2, 0) is 14.4 Å². The van der Waals surface area contributed by atoms with E-state index >= 15 is 0 Å². The van der Waals surface area contributed by atoms with E-state index in [1.165, 1.54) is 19.3 Å². The van der Waals surface area contributed by atoms with Crippen molar-refractivity contribution < 1.29 is 14.4 Å². The molecular weight excluding hydrogens is 464 g/mol. The number of piperidine rings is 1. The van der Waals surface area contributed by atoms with Gasteiger partial charge in [0.05, 0.1) is 18.4 Å². The molecule has 10 heteroatoms. The standard InChI is InChI=1S/C21H21BrN6O3/c1-11(29)19(23)13-5-6-24-8-15(13)25-9-18(30)28-10-12-7-14(12)20(28)21(31)27-17-4-2-3-16(22)26-17/h2-6,8,12,14,20,23,25H,7,9-10H2,1H3,(H,26,27,31)/t12-,14-,20+/m1/s1. The minimum Gasteiger partial charge on any atom is -0.374 e. The lowest BCUT2D eigenvalue weighted by Crippen LogP contribution is -2.47. The number of carbonyl (C=O) groups excluding carboxylic acids is 3. The molecule has 0 aromatic carbocycles. The molecule has 1 aliphatic heterocycles. The number of likely N-dealkylation sites (tertiary alicyclic amines) is 1. The van der Waals surface area contributed by atoms with E-state index in [1.807, 2.05) is 0 Å². The number of amides is 2. The van der Waals surface area contributed by atoms with Crippen LogP contribution in [0.1, 0.15) is 18.9 Å². The van der Waals surface area contributed by atoms with Crippen LogP contribution >= 0.6 is 15.9 Å². The molecule has 0 radical (unpaired) electrons. The lowest BCUT2D eigenvalue weighted by atomic mass is 10.1. The molecular formula is C21H21BrN6O3. The van der Waals surface area contributed by atoms with Crippen molar-refractivity contribution in [3.05, 3.63) is 46.8 Å². The number of Topliss-reactive ketones (excluding diaryl/α,β-unsaturated/α-hetero) is 1. The van der Waals surface area contributed by atoms with Gasteiger partial charge in [-0.1, -0.05) is 6.07 Å². The van der Waals surface area contributed by atoms with E-state index < -0.39 is 6.04 Å². The quantitative estimate of drug-likeness (QED) is 0.407. The van der Waals surface area contributed by atoms with Gasteiger partial charge in [-0.25, -0.2) is 4.98 Å². The van der Waals surface area contributed by atoms with E-state index in [9.17, 15) is 14.4 Å². The summed E-state index contributed by atoms with van der Waals surface area (Å²) < 4.78 is 0.613. The molecule has 2 aromatic rings. The molecule has 31 heavy (non-hydrogen) atoms. The summed E-state index contributed by atoms with van der Waals surface area (Å²) in [6.07, 6.45) is 3.90. The molecule has 3 heterocycles. The Kier molecular flexibility index (Phi) is 5.81. The number of pyridine rings is 2. The van der Waals surface area contributed by atoms with Crippen LogP contribution in [0.25, 0.3) is 0 Å². The second-order valence-electron chi connectivity index (χ2n) is 7.69. The van der Waals surface area contributed by atoms with Crippen LogP contribution in [-0.4, -0.2) is 57.3 Å². The highest BCUT2D eigenvalue weighted by Crippen LogP contribution is 2.49. The number of halogens is 1. The Morgan fingerprint density at radius 3 is 2.84 bits per heavy atom. The number of nitrogens with one attached hydrogen (secondary N) is 3. The number of fused-ring (bicyclic) bond motifs is 1. The zero-order valence-corrected chi connectivity index (χ0v) is 18.3. The van der Waals surface area contributed by atoms with Gasteiger partial charge >= 0.3 is 0 Å². The first-order valence-corrected chi connectivity index (χ1v) is 10.6. The zero-order chi connectivity index (χ0) is 22.1. The minimum atomic E-state index is -0.538. The first kappa shape index (κ1) is 21.1. The van der Waals surface area contributed by atoms with Crippen LogP contribution in [0, 0.1) is 17.2 Å². The Balaban J connectivity index is 1.43. The van der Waals surface area contributed by atoms with Crippen LogP contribution in [0.15, 0.2) is 41.3 Å². The van der Waals surface area contributed by atoms with Crippen molar-refractivity contribution >= 4 is 50.7 Å². The summed E-state index contributed by atoms with van der Waals surface area (Å²) in [5.41, 5.74) is 0.660. The average molecular weight is 485 g/mol. The van der Waals surface area contributed by atoms with Crippen molar-refractivity contribution in [1.82, 2.24) is 14.9 Å². The lowest BCUT2D eigenvalue weighted by molar-refractivity contribution is -0.136. The van der Waals surface area contributed by atoms with Gasteiger partial charge < -0.3 is 15.5 Å². The van der Waals surface area contributed by atoms with Gasteiger partial charge in [0.2, 0.25) is 11.8 Å². The highest BCUT2D eigenvalue weighted by atomic mass is 79.9. The van der Waals surface area contributed by atoms with Gasteiger partial charge in [0.15, 0.2) is 5.78 Å². The number of rotatable bonds is 7. The maximum Gasteiger partial charge on any atom is 0.248 e. The number of hydrogen-bond acceptors (Lipinski definition) is 7. The molecule has 1 saturated carbocycles. The van der Waals surface area contributed by atoms with Crippen LogP contribution in [0.4, 0.5) is 11.5 Å². The van der Waals surface area contributed by atoms with Gasteiger partial charge in [-0.15, -0.1) is 0 Å². The van der Waals surface area contributed by atoms with Crippen molar-refractivity contribution in [2.24, 2.45) is 11.8 Å². The number of nitrogens with zero attached hydrogens (tertiary/aromatic N) is 3. The average Bonchev–Trinajstić information content (AvgIpc) is 3.40. The molecule has 3 atom stereocenters. The fourth-order valence-electron chi connectivity index (χ4n) is 3.95. The maximum absolute atomic E-state index is 12.9. The van der Waals surface area contributed by atoms with Crippen molar-refractivity contribution in [2.75, 3.05) is 23.7 Å². The SMILES string of the molecule is CC(=O)C(=N)c1ccncc1NCC(=O)N1C[C@H]2C[C@H]2[C@H]1C(=O)Nc1cccc(Br)n1. The summed E-state index contributed by atoms with van der Waals surface area (Å²) >= 11 is 3.28. The third kappa shape index (κ3) is 4.48. The topological polar surface area (TPSA) is 128 Å². The summed E-state index contributed by atoms with van der Waals surface area (Å²) in [5, 5.41) is 13.7. The Morgan fingerprint density at radius 2 is 2.10 bits per heavy atom. The molecule has 9 nitrogen and oxygen atoms in total. The molecule has 0 bridgehead atoms. The zero-order valence-electron chi connectivity index (χ0n) is 16.8. The predicted molar refractivity (Wildman–Crippen MR) is 118 cm³/mol. The second kappa shape index (κ2) is 8.54. The second-order valence-corrected chi connectivity index (χ2v) is 8.50. The number of hydrogen-bond donors (Lipinski definition) is 3. The van der Waals surface area contributed by atoms with E-state index in [-0.39, 0.29) is 35.8 Å². The number of aromatic nitrogens is 2. The summed E-state index contributed by atoms with van der Waals surface area (Å²) in [7, 11) is 0. The number of carbonyl (C=O) groups is 3. The van der Waals surface area contributed by atoms with Crippen molar-refractivity contribution in [2.45, 2.75) is 19.4 Å². The molecule has 1 saturated heterocycles. The lowest BCUT2D eigenvalue weighted by Gasteiger charge is -2.27. The van der Waals surface area contributed by atoms with E-state index in [2.05, 4.69) is 36.5 Å². The predicted octanol–water partition coefficient (Wildman–Crippen LogP) is 2.09. The Bertz CT molecular complexity index is 1070. The van der Waals surface area contributed by atoms with Crippen LogP contribution in [0.5, 0.6) is 0 Å². The third-order valence-corrected chi connectivity index (χ3v) is 6.02. The van der Waals surface area contributed by atoms with E-state index in [1.54, 1.807) is 29.2 Å². The number of anilines is 2. The Labute approximate surface area is 187 Å². The largest absolute Gasteiger partial charge is 0.374 e. The number of ketones is 1. The Hall–Kier alpha value is -3.14. The Morgan fingerprint density at radius 1 is 1.29 bits per heavy atom. The monoisotopic (exact) mass is 484 g/mol. The van der Waals surface area contributed by atoms with Gasteiger partial charge in [0.1, 0.15) is 22.2 Å². The smallest absolute Gasteiger partial charge is 0.248 e. The molecule has 0 unspecified atom stereocenters. The van der Waals surface area contributed by atoms with Crippen molar-refractivity contribution in [3.8, 4) is 0 Å². The highest BCUT2D eigenvalue weighted by Gasteiger charge is 2.56. The van der Waals surface area contributed by atoms with E-state index in [0.29, 0.717) is 34.1 Å². The summed E-state index contributed by atoms with van der Waals surface area (Å²) in [6, 6.07) is 6.26. The van der Waals surface area contributed by atoms with Gasteiger partial charge in [0.25, 0.3) is 0 Å². The third-order valence-electron chi connectivity index (χ3n) is 5.58. The summed E-state index contributed by atoms with van der Waals surface area (Å²) in [6.45, 7) is 1.79. The van der Waals surface area contributed by atoms with E-state index in [4.69, 9.17) is 5.41 Å². The maximum atomic E-state index is 12.9. The normalized spacial score (nSPS) is 21.2. The molecule has 2 amide bonds. The fraction of sp³-hybridized carbons (Fsp3) is 0.333. The van der Waals surface area contributed by atoms with Gasteiger partial charge in [-0.2, -0.15) is 0 Å². The van der Waals surface area contributed by atoms with Crippen LogP contribution in [0.3, 0.4) is 0 Å². The van der Waals surface area contributed by atoms with Crippen molar-refractivity contribution in [1.29, 1.82) is 5.41 Å². The summed E-state index contributed by atoms with van der Waals surface area (Å²) in [5.74, 6) is 0.0869. The molecule has 2 fully saturated rings. The van der Waals surface area contributed by atoms with E-state index in [0.717, 1.165) is 6.42 Å². The summed E-state index contributed by atoms with van der Waals surface area (Å²) in [4.78, 5) is 47.3.